The van der Waals surface area contributed by atoms with E-state index in [1.807, 2.05) is 12.1 Å². The fourth-order valence-electron chi connectivity index (χ4n) is 2.34. The van der Waals surface area contributed by atoms with Gasteiger partial charge < -0.3 is 9.84 Å². The zero-order chi connectivity index (χ0) is 17.8. The van der Waals surface area contributed by atoms with Crippen LogP contribution in [0.15, 0.2) is 48.8 Å². The van der Waals surface area contributed by atoms with Gasteiger partial charge in [0.1, 0.15) is 11.4 Å². The molecule has 1 aromatic carbocycles. The fourth-order valence-corrected chi connectivity index (χ4v) is 2.53. The van der Waals surface area contributed by atoms with Crippen LogP contribution in [-0.4, -0.2) is 33.1 Å². The first-order valence-corrected chi connectivity index (χ1v) is 7.78. The number of aromatic carboxylic acids is 1. The van der Waals surface area contributed by atoms with Crippen molar-refractivity contribution in [2.75, 3.05) is 7.11 Å². The van der Waals surface area contributed by atoms with Gasteiger partial charge >= 0.3 is 5.97 Å². The normalized spacial score (nSPS) is 10.5. The number of nitrogens with zero attached hydrogens (tertiary/aromatic N) is 3. The second-order valence-corrected chi connectivity index (χ2v) is 5.70. The lowest BCUT2D eigenvalue weighted by Gasteiger charge is -2.09. The van der Waals surface area contributed by atoms with E-state index >= 15 is 0 Å². The molecule has 0 aliphatic carbocycles. The van der Waals surface area contributed by atoms with Crippen LogP contribution in [0.1, 0.15) is 21.7 Å². The molecule has 3 rings (SSSR count). The maximum atomic E-state index is 10.9. The molecule has 2 heterocycles. The predicted octanol–water partition coefficient (Wildman–Crippen LogP) is 3.49. The molecule has 1 N–H and O–H groups in total. The maximum Gasteiger partial charge on any atom is 0.354 e. The lowest BCUT2D eigenvalue weighted by atomic mass is 10.1. The van der Waals surface area contributed by atoms with Gasteiger partial charge in [0.2, 0.25) is 5.88 Å². The quantitative estimate of drug-likeness (QED) is 0.754. The van der Waals surface area contributed by atoms with Gasteiger partial charge in [-0.15, -0.1) is 0 Å². The van der Waals surface area contributed by atoms with E-state index in [4.69, 9.17) is 21.4 Å². The Morgan fingerprint density at radius 2 is 2.04 bits per heavy atom. The highest BCUT2D eigenvalue weighted by molar-refractivity contribution is 6.30. The van der Waals surface area contributed by atoms with Crippen LogP contribution in [0.5, 0.6) is 5.88 Å². The number of rotatable bonds is 5. The minimum absolute atomic E-state index is 0.00387. The number of hydrogen-bond acceptors (Lipinski definition) is 5. The number of halogens is 1. The smallest absolute Gasteiger partial charge is 0.354 e. The van der Waals surface area contributed by atoms with Crippen molar-refractivity contribution >= 4 is 17.6 Å². The molecular formula is C18H14ClN3O3. The summed E-state index contributed by atoms with van der Waals surface area (Å²) >= 11 is 6.05. The molecule has 7 heteroatoms. The lowest BCUT2D eigenvalue weighted by Crippen LogP contribution is -2.02. The largest absolute Gasteiger partial charge is 0.479 e. The Morgan fingerprint density at radius 3 is 2.68 bits per heavy atom. The molecule has 0 aliphatic rings. The second kappa shape index (κ2) is 7.27. The molecule has 0 fully saturated rings. The molecule has 0 bridgehead atoms. The van der Waals surface area contributed by atoms with Crippen molar-refractivity contribution in [1.82, 2.24) is 15.0 Å². The summed E-state index contributed by atoms with van der Waals surface area (Å²) in [5, 5.41) is 9.50. The van der Waals surface area contributed by atoms with Crippen molar-refractivity contribution in [3.8, 4) is 17.1 Å². The zero-order valence-corrected chi connectivity index (χ0v) is 14.1. The third-order valence-electron chi connectivity index (χ3n) is 3.51. The van der Waals surface area contributed by atoms with Crippen molar-refractivity contribution < 1.29 is 14.6 Å². The molecule has 3 aromatic rings. The molecule has 0 atom stereocenters. The minimum atomic E-state index is -1.06. The maximum absolute atomic E-state index is 10.9. The number of methoxy groups -OCH3 is 1. The van der Waals surface area contributed by atoms with Crippen molar-refractivity contribution in [1.29, 1.82) is 0 Å². The number of hydrogen-bond donors (Lipinski definition) is 1. The average molecular weight is 356 g/mol. The van der Waals surface area contributed by atoms with Crippen LogP contribution in [0, 0.1) is 0 Å². The summed E-state index contributed by atoms with van der Waals surface area (Å²) in [4.78, 5) is 23.7. The van der Waals surface area contributed by atoms with E-state index in [1.54, 1.807) is 24.4 Å². The van der Waals surface area contributed by atoms with Gasteiger partial charge in [-0.2, -0.15) is 0 Å². The van der Waals surface area contributed by atoms with E-state index in [0.29, 0.717) is 28.7 Å². The Labute approximate surface area is 149 Å². The molecule has 0 saturated heterocycles. The van der Waals surface area contributed by atoms with Gasteiger partial charge in [-0.3, -0.25) is 0 Å². The molecule has 2 aromatic heterocycles. The van der Waals surface area contributed by atoms with Gasteiger partial charge in [-0.25, -0.2) is 19.7 Å². The molecule has 0 aliphatic heterocycles. The highest BCUT2D eigenvalue weighted by Gasteiger charge is 2.12. The third-order valence-corrected chi connectivity index (χ3v) is 3.74. The number of carboxylic acid groups (broad SMARTS) is 1. The number of pyridine rings is 1. The van der Waals surface area contributed by atoms with Crippen molar-refractivity contribution in [3.63, 3.8) is 0 Å². The second-order valence-electron chi connectivity index (χ2n) is 5.26. The molecule has 0 spiro atoms. The van der Waals surface area contributed by atoms with Crippen LogP contribution >= 0.6 is 11.6 Å². The van der Waals surface area contributed by atoms with E-state index in [-0.39, 0.29) is 5.69 Å². The van der Waals surface area contributed by atoms with E-state index in [0.717, 1.165) is 11.1 Å². The first-order chi connectivity index (χ1) is 12.1. The average Bonchev–Trinajstić information content (AvgIpc) is 2.62. The van der Waals surface area contributed by atoms with E-state index < -0.39 is 5.97 Å². The summed E-state index contributed by atoms with van der Waals surface area (Å²) in [6, 6.07) is 10.5. The van der Waals surface area contributed by atoms with Gasteiger partial charge in [-0.1, -0.05) is 29.8 Å². The van der Waals surface area contributed by atoms with Crippen molar-refractivity contribution in [3.05, 3.63) is 70.8 Å². The number of aromatic nitrogens is 3. The number of carboxylic acids is 1. The standard InChI is InChI=1S/C18H14ClN3O3/c1-25-17-16(12-3-2-4-13(19)8-12)22-14(10-21-17)7-11-5-6-15(18(23)24)20-9-11/h2-6,8-10H,7H2,1H3,(H,23,24). The van der Waals surface area contributed by atoms with Gasteiger partial charge in [0, 0.05) is 23.2 Å². The Hall–Kier alpha value is -2.99. The van der Waals surface area contributed by atoms with Gasteiger partial charge in [0.15, 0.2) is 0 Å². The zero-order valence-electron chi connectivity index (χ0n) is 13.3. The van der Waals surface area contributed by atoms with Crippen LogP contribution in [-0.2, 0) is 6.42 Å². The van der Waals surface area contributed by atoms with E-state index in [9.17, 15) is 4.79 Å². The predicted molar refractivity (Wildman–Crippen MR) is 93.0 cm³/mol. The van der Waals surface area contributed by atoms with Crippen LogP contribution in [0.2, 0.25) is 5.02 Å². The van der Waals surface area contributed by atoms with E-state index in [2.05, 4.69) is 15.0 Å². The summed E-state index contributed by atoms with van der Waals surface area (Å²) in [6.45, 7) is 0. The van der Waals surface area contributed by atoms with Gasteiger partial charge in [-0.05, 0) is 23.8 Å². The molecule has 25 heavy (non-hydrogen) atoms. The van der Waals surface area contributed by atoms with E-state index in [1.165, 1.54) is 19.4 Å². The third kappa shape index (κ3) is 3.92. The fraction of sp³-hybridized carbons (Fsp3) is 0.111. The molecule has 0 unspecified atom stereocenters. The summed E-state index contributed by atoms with van der Waals surface area (Å²) in [5.74, 6) is -0.649. The Balaban J connectivity index is 1.92. The van der Waals surface area contributed by atoms with Gasteiger partial charge in [0.25, 0.3) is 0 Å². The Bertz CT molecular complexity index is 914. The number of benzene rings is 1. The lowest BCUT2D eigenvalue weighted by molar-refractivity contribution is 0.0690. The monoisotopic (exact) mass is 355 g/mol. The molecular weight excluding hydrogens is 342 g/mol. The summed E-state index contributed by atoms with van der Waals surface area (Å²) < 4.78 is 5.29. The summed E-state index contributed by atoms with van der Waals surface area (Å²) in [6.07, 6.45) is 3.61. The van der Waals surface area contributed by atoms with Gasteiger partial charge in [0.05, 0.1) is 19.0 Å². The molecule has 0 saturated carbocycles. The molecule has 126 valence electrons. The Kier molecular flexibility index (Phi) is 4.90. The van der Waals surface area contributed by atoms with Crippen LogP contribution in [0.25, 0.3) is 11.3 Å². The summed E-state index contributed by atoms with van der Waals surface area (Å²) in [5.41, 5.74) is 2.95. The SMILES string of the molecule is COc1ncc(Cc2ccc(C(=O)O)nc2)nc1-c1cccc(Cl)c1. The van der Waals surface area contributed by atoms with Crippen molar-refractivity contribution in [2.45, 2.75) is 6.42 Å². The van der Waals surface area contributed by atoms with Crippen molar-refractivity contribution in [2.24, 2.45) is 0 Å². The first kappa shape index (κ1) is 16.9. The topological polar surface area (TPSA) is 85.2 Å². The highest BCUT2D eigenvalue weighted by Crippen LogP contribution is 2.28. The minimum Gasteiger partial charge on any atom is -0.479 e. The number of ether oxygens (including phenoxy) is 1. The molecule has 6 nitrogen and oxygen atoms in total. The Morgan fingerprint density at radius 1 is 1.20 bits per heavy atom. The van der Waals surface area contributed by atoms with Crippen LogP contribution in [0.3, 0.4) is 0 Å². The highest BCUT2D eigenvalue weighted by atomic mass is 35.5. The first-order valence-electron chi connectivity index (χ1n) is 7.41. The van der Waals surface area contributed by atoms with Crippen LogP contribution in [0.4, 0.5) is 0 Å². The molecule has 0 radical (unpaired) electrons. The number of carbonyl (C=O) groups is 1. The van der Waals surface area contributed by atoms with Crippen LogP contribution < -0.4 is 4.74 Å². The summed E-state index contributed by atoms with van der Waals surface area (Å²) in [7, 11) is 1.53. The molecule has 0 amide bonds.